The Hall–Kier alpha value is -3.32. The number of hydrogen-bond acceptors (Lipinski definition) is 4. The van der Waals surface area contributed by atoms with Crippen LogP contribution in [0, 0.1) is 0 Å². The Bertz CT molecular complexity index is 1150. The van der Waals surface area contributed by atoms with Crippen LogP contribution in [-0.2, 0) is 20.7 Å². The maximum atomic E-state index is 13.1. The Balaban J connectivity index is 1.78. The summed E-state index contributed by atoms with van der Waals surface area (Å²) in [5, 5.41) is 4.21. The maximum absolute atomic E-state index is 13.1. The molecule has 0 radical (unpaired) electrons. The zero-order valence-electron chi connectivity index (χ0n) is 19.8. The Morgan fingerprint density at radius 3 is 2.29 bits per heavy atom. The van der Waals surface area contributed by atoms with Crippen molar-refractivity contribution in [3.63, 3.8) is 0 Å². The lowest BCUT2D eigenvalue weighted by Crippen LogP contribution is -2.47. The zero-order valence-corrected chi connectivity index (χ0v) is 20.6. The summed E-state index contributed by atoms with van der Waals surface area (Å²) in [4.78, 5) is 43.4. The number of benzene rings is 2. The molecule has 2 aromatic carbocycles. The third-order valence-electron chi connectivity index (χ3n) is 5.53. The lowest BCUT2D eigenvalue weighted by Gasteiger charge is -2.30. The second-order valence-electron chi connectivity index (χ2n) is 8.69. The first-order chi connectivity index (χ1) is 16.2. The van der Waals surface area contributed by atoms with Crippen molar-refractivity contribution < 1.29 is 19.1 Å². The van der Waals surface area contributed by atoms with E-state index < -0.39 is 24.5 Å². The largest absolute Gasteiger partial charge is 0.454 e. The van der Waals surface area contributed by atoms with Gasteiger partial charge in [0.05, 0.1) is 0 Å². The van der Waals surface area contributed by atoms with Crippen LogP contribution in [0.3, 0.4) is 0 Å². The predicted molar refractivity (Wildman–Crippen MR) is 133 cm³/mol. The number of amides is 2. The van der Waals surface area contributed by atoms with Gasteiger partial charge in [0, 0.05) is 46.2 Å². The molecule has 34 heavy (non-hydrogen) atoms. The number of fused-ring (bicyclic) bond motifs is 1. The molecule has 0 bridgehead atoms. The van der Waals surface area contributed by atoms with Gasteiger partial charge in [-0.25, -0.2) is 4.79 Å². The molecule has 0 unspecified atom stereocenters. The summed E-state index contributed by atoms with van der Waals surface area (Å²) in [6, 6.07) is 13.0. The molecule has 0 aliphatic rings. The Kier molecular flexibility index (Phi) is 8.34. The van der Waals surface area contributed by atoms with E-state index in [1.165, 1.54) is 0 Å². The van der Waals surface area contributed by atoms with E-state index in [0.717, 1.165) is 16.5 Å². The van der Waals surface area contributed by atoms with Crippen molar-refractivity contribution >= 4 is 40.3 Å². The number of halogens is 1. The number of hydrogen-bond donors (Lipinski definition) is 2. The standard InChI is InChI=1S/C26H30ClN3O4/c1-16(2)30(17(3)4)24(31)15-34-26(33)23(29-25(32)18-9-11-20(27)12-10-18)13-19-14-28-22-8-6-5-7-21(19)22/h5-12,14,16-17,23,28H,13,15H2,1-4H3,(H,29,32)/t23-/m0/s1. The van der Waals surface area contributed by atoms with Gasteiger partial charge in [-0.05, 0) is 63.6 Å². The van der Waals surface area contributed by atoms with Crippen LogP contribution < -0.4 is 5.32 Å². The van der Waals surface area contributed by atoms with Crippen LogP contribution in [0.5, 0.6) is 0 Å². The minimum Gasteiger partial charge on any atom is -0.454 e. The number of nitrogens with zero attached hydrogens (tertiary/aromatic N) is 1. The predicted octanol–water partition coefficient (Wildman–Crippen LogP) is 4.35. The van der Waals surface area contributed by atoms with Gasteiger partial charge < -0.3 is 19.9 Å². The molecule has 0 saturated carbocycles. The van der Waals surface area contributed by atoms with Crippen LogP contribution in [0.2, 0.25) is 5.02 Å². The second-order valence-corrected chi connectivity index (χ2v) is 9.13. The number of para-hydroxylation sites is 1. The number of rotatable bonds is 9. The highest BCUT2D eigenvalue weighted by Crippen LogP contribution is 2.20. The average Bonchev–Trinajstić information content (AvgIpc) is 3.19. The summed E-state index contributed by atoms with van der Waals surface area (Å²) in [7, 11) is 0. The maximum Gasteiger partial charge on any atom is 0.329 e. The molecule has 1 aromatic heterocycles. The summed E-state index contributed by atoms with van der Waals surface area (Å²) < 4.78 is 5.39. The minimum absolute atomic E-state index is 0.0298. The fraction of sp³-hybridized carbons (Fsp3) is 0.346. The van der Waals surface area contributed by atoms with Gasteiger partial charge in [-0.3, -0.25) is 9.59 Å². The molecule has 0 aliphatic carbocycles. The quantitative estimate of drug-likeness (QED) is 0.442. The number of carbonyl (C=O) groups is 3. The summed E-state index contributed by atoms with van der Waals surface area (Å²) >= 11 is 5.92. The van der Waals surface area contributed by atoms with Crippen LogP contribution in [0.4, 0.5) is 0 Å². The highest BCUT2D eigenvalue weighted by molar-refractivity contribution is 6.30. The van der Waals surface area contributed by atoms with Crippen molar-refractivity contribution in [1.29, 1.82) is 0 Å². The summed E-state index contributed by atoms with van der Waals surface area (Å²) in [5.41, 5.74) is 2.14. The molecule has 3 aromatic rings. The van der Waals surface area contributed by atoms with Crippen molar-refractivity contribution in [2.75, 3.05) is 6.61 Å². The first kappa shape index (κ1) is 25.3. The highest BCUT2D eigenvalue weighted by Gasteiger charge is 2.27. The van der Waals surface area contributed by atoms with Gasteiger partial charge in [0.25, 0.3) is 11.8 Å². The molecule has 8 heteroatoms. The van der Waals surface area contributed by atoms with Crippen molar-refractivity contribution in [1.82, 2.24) is 15.2 Å². The molecule has 7 nitrogen and oxygen atoms in total. The summed E-state index contributed by atoms with van der Waals surface area (Å²) in [5.74, 6) is -1.39. The van der Waals surface area contributed by atoms with Gasteiger partial charge in [0.1, 0.15) is 6.04 Å². The highest BCUT2D eigenvalue weighted by atomic mass is 35.5. The van der Waals surface area contributed by atoms with Crippen molar-refractivity contribution in [3.05, 3.63) is 70.9 Å². The first-order valence-corrected chi connectivity index (χ1v) is 11.6. The van der Waals surface area contributed by atoms with Gasteiger partial charge in [-0.1, -0.05) is 29.8 Å². The van der Waals surface area contributed by atoms with E-state index in [1.54, 1.807) is 29.2 Å². The average molecular weight is 484 g/mol. The van der Waals surface area contributed by atoms with Crippen LogP contribution >= 0.6 is 11.6 Å². The Morgan fingerprint density at radius 2 is 1.65 bits per heavy atom. The first-order valence-electron chi connectivity index (χ1n) is 11.3. The van der Waals surface area contributed by atoms with E-state index in [0.29, 0.717) is 10.6 Å². The third-order valence-corrected chi connectivity index (χ3v) is 5.79. The number of carbonyl (C=O) groups excluding carboxylic acids is 3. The molecule has 1 atom stereocenters. The molecular formula is C26H30ClN3O4. The van der Waals surface area contributed by atoms with E-state index >= 15 is 0 Å². The number of aromatic nitrogens is 1. The van der Waals surface area contributed by atoms with Gasteiger partial charge in [-0.15, -0.1) is 0 Å². The van der Waals surface area contributed by atoms with Crippen LogP contribution in [-0.4, -0.2) is 52.4 Å². The normalized spacial score (nSPS) is 12.1. The lowest BCUT2D eigenvalue weighted by molar-refractivity contribution is -0.155. The van der Waals surface area contributed by atoms with E-state index in [-0.39, 0.29) is 24.4 Å². The smallest absolute Gasteiger partial charge is 0.329 e. The molecule has 2 amide bonds. The topological polar surface area (TPSA) is 91.5 Å². The summed E-state index contributed by atoms with van der Waals surface area (Å²) in [6.07, 6.45) is 2.01. The molecule has 0 saturated heterocycles. The molecule has 0 spiro atoms. The van der Waals surface area contributed by atoms with Crippen LogP contribution in [0.15, 0.2) is 54.7 Å². The molecule has 0 fully saturated rings. The number of nitrogens with one attached hydrogen (secondary N) is 2. The number of H-pyrrole nitrogens is 1. The second kappa shape index (κ2) is 11.2. The fourth-order valence-electron chi connectivity index (χ4n) is 4.04. The van der Waals surface area contributed by atoms with Crippen molar-refractivity contribution in [3.8, 4) is 0 Å². The molecule has 2 N–H and O–H groups in total. The lowest BCUT2D eigenvalue weighted by atomic mass is 10.0. The van der Waals surface area contributed by atoms with E-state index in [1.807, 2.05) is 58.2 Å². The molecule has 180 valence electrons. The molecule has 0 aliphatic heterocycles. The number of esters is 1. The third kappa shape index (κ3) is 6.17. The minimum atomic E-state index is -0.985. The van der Waals surface area contributed by atoms with Crippen molar-refractivity contribution in [2.45, 2.75) is 52.2 Å². The van der Waals surface area contributed by atoms with Gasteiger partial charge in [0.2, 0.25) is 0 Å². The van der Waals surface area contributed by atoms with Gasteiger partial charge in [0.15, 0.2) is 6.61 Å². The number of aromatic amines is 1. The Morgan fingerprint density at radius 1 is 1.00 bits per heavy atom. The SMILES string of the molecule is CC(C)N(C(=O)COC(=O)[C@H](Cc1c[nH]c2ccccc12)NC(=O)c1ccc(Cl)cc1)C(C)C. The number of ether oxygens (including phenoxy) is 1. The molecule has 1 heterocycles. The zero-order chi connectivity index (χ0) is 24.8. The van der Waals surface area contributed by atoms with Gasteiger partial charge in [-0.2, -0.15) is 0 Å². The Labute approximate surface area is 204 Å². The molecule has 3 rings (SSSR count). The summed E-state index contributed by atoms with van der Waals surface area (Å²) in [6.45, 7) is 7.24. The monoisotopic (exact) mass is 483 g/mol. The van der Waals surface area contributed by atoms with Gasteiger partial charge >= 0.3 is 5.97 Å². The van der Waals surface area contributed by atoms with E-state index in [2.05, 4.69) is 10.3 Å². The molecular weight excluding hydrogens is 454 g/mol. The van der Waals surface area contributed by atoms with Crippen LogP contribution in [0.25, 0.3) is 10.9 Å². The fourth-order valence-corrected chi connectivity index (χ4v) is 4.16. The van der Waals surface area contributed by atoms with E-state index in [4.69, 9.17) is 16.3 Å². The van der Waals surface area contributed by atoms with Crippen molar-refractivity contribution in [2.24, 2.45) is 0 Å². The van der Waals surface area contributed by atoms with E-state index in [9.17, 15) is 14.4 Å². The van der Waals surface area contributed by atoms with Crippen LogP contribution in [0.1, 0.15) is 43.6 Å².